The van der Waals surface area contributed by atoms with Crippen molar-refractivity contribution in [1.29, 1.82) is 0 Å². The third-order valence-corrected chi connectivity index (χ3v) is 4.30. The van der Waals surface area contributed by atoms with Crippen molar-refractivity contribution in [2.75, 3.05) is 6.54 Å². The van der Waals surface area contributed by atoms with Crippen molar-refractivity contribution in [3.05, 3.63) is 40.9 Å². The summed E-state index contributed by atoms with van der Waals surface area (Å²) < 4.78 is 26.2. The normalized spacial score (nSPS) is 11.1. The van der Waals surface area contributed by atoms with Crippen molar-refractivity contribution in [2.45, 2.75) is 4.90 Å². The molecule has 0 aliphatic rings. The molecule has 0 aliphatic heterocycles. The van der Waals surface area contributed by atoms with Crippen LogP contribution in [-0.4, -0.2) is 26.0 Å². The van der Waals surface area contributed by atoms with E-state index in [1.54, 1.807) is 0 Å². The second-order valence-corrected chi connectivity index (χ2v) is 5.68. The number of hydrogen-bond acceptors (Lipinski definition) is 3. The second-order valence-electron chi connectivity index (χ2n) is 3.09. The SMILES string of the molecule is C=CCNS(=O)(=O)c1cc(C(=O)O)ccc1Br. The van der Waals surface area contributed by atoms with Crippen molar-refractivity contribution >= 4 is 31.9 Å². The molecule has 0 aliphatic carbocycles. The Hall–Kier alpha value is -1.18. The summed E-state index contributed by atoms with van der Waals surface area (Å²) in [5, 5.41) is 8.80. The molecule has 1 rings (SSSR count). The Kier molecular flexibility index (Phi) is 4.44. The molecule has 1 aromatic carbocycles. The zero-order valence-electron chi connectivity index (χ0n) is 8.68. The van der Waals surface area contributed by atoms with Crippen molar-refractivity contribution < 1.29 is 18.3 Å². The van der Waals surface area contributed by atoms with Crippen LogP contribution in [0.5, 0.6) is 0 Å². The van der Waals surface area contributed by atoms with Gasteiger partial charge in [-0.05, 0) is 34.1 Å². The van der Waals surface area contributed by atoms with E-state index in [4.69, 9.17) is 5.11 Å². The van der Waals surface area contributed by atoms with Crippen LogP contribution in [0.2, 0.25) is 0 Å². The van der Waals surface area contributed by atoms with Crippen molar-refractivity contribution in [1.82, 2.24) is 4.72 Å². The number of hydrogen-bond donors (Lipinski definition) is 2. The molecule has 2 N–H and O–H groups in total. The van der Waals surface area contributed by atoms with E-state index in [-0.39, 0.29) is 17.0 Å². The van der Waals surface area contributed by atoms with Crippen molar-refractivity contribution in [3.8, 4) is 0 Å². The molecule has 0 atom stereocenters. The maximum absolute atomic E-state index is 11.8. The molecule has 0 spiro atoms. The molecule has 0 amide bonds. The molecule has 0 fully saturated rings. The van der Waals surface area contributed by atoms with Crippen LogP contribution in [0.25, 0.3) is 0 Å². The number of carboxylic acids is 1. The molecule has 17 heavy (non-hydrogen) atoms. The maximum Gasteiger partial charge on any atom is 0.335 e. The minimum absolute atomic E-state index is 0.0755. The van der Waals surface area contributed by atoms with Gasteiger partial charge in [-0.1, -0.05) is 6.08 Å². The Morgan fingerprint density at radius 3 is 2.71 bits per heavy atom. The van der Waals surface area contributed by atoms with Gasteiger partial charge in [0.25, 0.3) is 0 Å². The van der Waals surface area contributed by atoms with Gasteiger partial charge in [0, 0.05) is 11.0 Å². The van der Waals surface area contributed by atoms with Gasteiger partial charge in [0.15, 0.2) is 0 Å². The number of halogens is 1. The molecule has 0 aromatic heterocycles. The molecule has 0 unspecified atom stereocenters. The van der Waals surface area contributed by atoms with Crippen molar-refractivity contribution in [2.24, 2.45) is 0 Å². The minimum Gasteiger partial charge on any atom is -0.478 e. The van der Waals surface area contributed by atoms with E-state index in [0.29, 0.717) is 4.47 Å². The number of carbonyl (C=O) groups is 1. The number of aromatic carboxylic acids is 1. The summed E-state index contributed by atoms with van der Waals surface area (Å²) in [6.45, 7) is 3.47. The Morgan fingerprint density at radius 2 is 2.18 bits per heavy atom. The van der Waals surface area contributed by atoms with E-state index in [1.165, 1.54) is 18.2 Å². The number of rotatable bonds is 5. The van der Waals surface area contributed by atoms with Gasteiger partial charge in [-0.2, -0.15) is 0 Å². The molecule has 7 heteroatoms. The Balaban J connectivity index is 3.25. The highest BCUT2D eigenvalue weighted by Gasteiger charge is 2.18. The molecule has 1 aromatic rings. The molecule has 92 valence electrons. The van der Waals surface area contributed by atoms with Crippen LogP contribution in [0.15, 0.2) is 40.2 Å². The van der Waals surface area contributed by atoms with Gasteiger partial charge in [0.05, 0.1) is 10.5 Å². The first-order valence-electron chi connectivity index (χ1n) is 4.52. The van der Waals surface area contributed by atoms with Crippen LogP contribution in [0.1, 0.15) is 10.4 Å². The fourth-order valence-corrected chi connectivity index (χ4v) is 3.07. The molecule has 0 heterocycles. The molecular weight excluding hydrogens is 310 g/mol. The van der Waals surface area contributed by atoms with Gasteiger partial charge in [-0.15, -0.1) is 6.58 Å². The van der Waals surface area contributed by atoms with E-state index < -0.39 is 16.0 Å². The van der Waals surface area contributed by atoms with E-state index >= 15 is 0 Å². The summed E-state index contributed by atoms with van der Waals surface area (Å²) in [7, 11) is -3.74. The predicted octanol–water partition coefficient (Wildman–Crippen LogP) is 1.61. The summed E-state index contributed by atoms with van der Waals surface area (Å²) >= 11 is 3.07. The van der Waals surface area contributed by atoms with E-state index in [2.05, 4.69) is 27.2 Å². The lowest BCUT2D eigenvalue weighted by Crippen LogP contribution is -2.24. The Labute approximate surface area is 107 Å². The zero-order valence-corrected chi connectivity index (χ0v) is 11.1. The number of nitrogens with one attached hydrogen (secondary N) is 1. The quantitative estimate of drug-likeness (QED) is 0.808. The van der Waals surface area contributed by atoms with Gasteiger partial charge in [0.2, 0.25) is 10.0 Å². The fraction of sp³-hybridized carbons (Fsp3) is 0.100. The van der Waals surface area contributed by atoms with E-state index in [0.717, 1.165) is 6.07 Å². The van der Waals surface area contributed by atoms with Crippen LogP contribution >= 0.6 is 15.9 Å². The van der Waals surface area contributed by atoms with Crippen LogP contribution in [0, 0.1) is 0 Å². The van der Waals surface area contributed by atoms with Crippen LogP contribution < -0.4 is 4.72 Å². The first kappa shape index (κ1) is 13.9. The Morgan fingerprint density at radius 1 is 1.53 bits per heavy atom. The molecular formula is C10H10BrNO4S. The molecule has 5 nitrogen and oxygen atoms in total. The Bertz CT molecular complexity index is 553. The monoisotopic (exact) mass is 319 g/mol. The average Bonchev–Trinajstić information content (AvgIpc) is 2.26. The van der Waals surface area contributed by atoms with Gasteiger partial charge in [0.1, 0.15) is 0 Å². The lowest BCUT2D eigenvalue weighted by Gasteiger charge is -2.07. The van der Waals surface area contributed by atoms with Crippen LogP contribution in [0.3, 0.4) is 0 Å². The van der Waals surface area contributed by atoms with E-state index in [1.807, 2.05) is 0 Å². The predicted molar refractivity (Wildman–Crippen MR) is 66.5 cm³/mol. The second kappa shape index (κ2) is 5.44. The van der Waals surface area contributed by atoms with Crippen LogP contribution in [-0.2, 0) is 10.0 Å². The smallest absolute Gasteiger partial charge is 0.335 e. The van der Waals surface area contributed by atoms with Crippen LogP contribution in [0.4, 0.5) is 0 Å². The zero-order chi connectivity index (χ0) is 13.1. The first-order valence-corrected chi connectivity index (χ1v) is 6.79. The summed E-state index contributed by atoms with van der Waals surface area (Å²) in [5.41, 5.74) is -0.0906. The largest absolute Gasteiger partial charge is 0.478 e. The van der Waals surface area contributed by atoms with E-state index in [9.17, 15) is 13.2 Å². The summed E-state index contributed by atoms with van der Waals surface area (Å²) in [4.78, 5) is 10.6. The number of benzene rings is 1. The molecule has 0 saturated carbocycles. The van der Waals surface area contributed by atoms with Gasteiger partial charge in [-0.3, -0.25) is 0 Å². The minimum atomic E-state index is -3.74. The average molecular weight is 320 g/mol. The lowest BCUT2D eigenvalue weighted by atomic mass is 10.2. The summed E-state index contributed by atoms with van der Waals surface area (Å²) in [5.74, 6) is -1.18. The van der Waals surface area contributed by atoms with Gasteiger partial charge >= 0.3 is 5.97 Å². The summed E-state index contributed by atoms with van der Waals surface area (Å²) in [6.07, 6.45) is 1.40. The third-order valence-electron chi connectivity index (χ3n) is 1.89. The highest BCUT2D eigenvalue weighted by molar-refractivity contribution is 9.10. The fourth-order valence-electron chi connectivity index (χ4n) is 1.09. The topological polar surface area (TPSA) is 83.5 Å². The molecule has 0 bridgehead atoms. The highest BCUT2D eigenvalue weighted by atomic mass is 79.9. The van der Waals surface area contributed by atoms with Gasteiger partial charge < -0.3 is 5.11 Å². The van der Waals surface area contributed by atoms with Crippen molar-refractivity contribution in [3.63, 3.8) is 0 Å². The molecule has 0 radical (unpaired) electrons. The maximum atomic E-state index is 11.8. The lowest BCUT2D eigenvalue weighted by molar-refractivity contribution is 0.0696. The molecule has 0 saturated heterocycles. The highest BCUT2D eigenvalue weighted by Crippen LogP contribution is 2.23. The third kappa shape index (κ3) is 3.39. The van der Waals surface area contributed by atoms with Gasteiger partial charge in [-0.25, -0.2) is 17.9 Å². The number of sulfonamides is 1. The first-order chi connectivity index (χ1) is 7.88. The number of carboxylic acid groups (broad SMARTS) is 1. The standard InChI is InChI=1S/C10H10BrNO4S/c1-2-5-12-17(15,16)9-6-7(10(13)14)3-4-8(9)11/h2-4,6,12H,1,5H2,(H,13,14). The summed E-state index contributed by atoms with van der Waals surface area (Å²) in [6, 6.07) is 3.79.